The van der Waals surface area contributed by atoms with Crippen molar-refractivity contribution in [2.24, 2.45) is 0 Å². The van der Waals surface area contributed by atoms with Gasteiger partial charge in [0.1, 0.15) is 0 Å². The van der Waals surface area contributed by atoms with Crippen molar-refractivity contribution in [3.63, 3.8) is 0 Å². The number of benzene rings is 1. The van der Waals surface area contributed by atoms with Crippen molar-refractivity contribution >= 4 is 0 Å². The monoisotopic (exact) mass is 321 g/mol. The highest BCUT2D eigenvalue weighted by molar-refractivity contribution is 5.40. The Labute approximate surface area is 145 Å². The fourth-order valence-corrected chi connectivity index (χ4v) is 4.41. The first kappa shape index (κ1) is 15.8. The van der Waals surface area contributed by atoms with Gasteiger partial charge in [0, 0.05) is 23.9 Å². The predicted molar refractivity (Wildman–Crippen MR) is 97.5 cm³/mol. The largest absolute Gasteiger partial charge is 0.396 e. The minimum atomic E-state index is 0.224. The zero-order chi connectivity index (χ0) is 16.4. The molecule has 2 aromatic rings. The van der Waals surface area contributed by atoms with Gasteiger partial charge in [-0.3, -0.25) is 4.98 Å². The third kappa shape index (κ3) is 3.25. The average molecular weight is 321 g/mol. The molecule has 0 saturated heterocycles. The lowest BCUT2D eigenvalue weighted by molar-refractivity contribution is 0.299. The Morgan fingerprint density at radius 1 is 0.958 bits per heavy atom. The quantitative estimate of drug-likeness (QED) is 0.888. The van der Waals surface area contributed by atoms with Gasteiger partial charge >= 0.3 is 0 Å². The van der Waals surface area contributed by atoms with Gasteiger partial charge in [-0.25, -0.2) is 0 Å². The zero-order valence-electron chi connectivity index (χ0n) is 14.4. The van der Waals surface area contributed by atoms with Gasteiger partial charge in [-0.15, -0.1) is 0 Å². The van der Waals surface area contributed by atoms with E-state index in [0.29, 0.717) is 5.92 Å². The van der Waals surface area contributed by atoms with Gasteiger partial charge in [0.25, 0.3) is 0 Å². The first-order valence-electron chi connectivity index (χ1n) is 9.54. The van der Waals surface area contributed by atoms with E-state index < -0.39 is 0 Å². The number of aromatic nitrogens is 1. The molecule has 1 heterocycles. The van der Waals surface area contributed by atoms with Crippen LogP contribution in [0, 0.1) is 0 Å². The average Bonchev–Trinajstić information content (AvgIpc) is 3.28. The number of nitrogens with zero attached hydrogens (tertiary/aromatic N) is 1. The molecule has 0 unspecified atom stereocenters. The molecule has 0 aliphatic heterocycles. The molecule has 2 heteroatoms. The van der Waals surface area contributed by atoms with E-state index in [2.05, 4.69) is 30.3 Å². The second kappa shape index (κ2) is 7.06. The van der Waals surface area contributed by atoms with Crippen LogP contribution in [0.5, 0.6) is 0 Å². The van der Waals surface area contributed by atoms with E-state index >= 15 is 0 Å². The fourth-order valence-electron chi connectivity index (χ4n) is 4.41. The topological polar surface area (TPSA) is 33.1 Å². The van der Waals surface area contributed by atoms with Crippen LogP contribution in [-0.2, 0) is 25.7 Å². The Bertz CT molecular complexity index is 699. The van der Waals surface area contributed by atoms with Crippen LogP contribution < -0.4 is 0 Å². The van der Waals surface area contributed by atoms with Crippen LogP contribution in [0.3, 0.4) is 0 Å². The SMILES string of the molecule is OCCc1ccc(Cc2cc(C3CCCC3)nc3c2CCC3)cc1. The Morgan fingerprint density at radius 2 is 1.71 bits per heavy atom. The second-order valence-electron chi connectivity index (χ2n) is 7.43. The normalized spacial score (nSPS) is 17.4. The molecule has 0 bridgehead atoms. The number of aliphatic hydroxyl groups excluding tert-OH is 1. The number of pyridine rings is 1. The molecular formula is C22H27NO. The number of aryl methyl sites for hydroxylation is 1. The highest BCUT2D eigenvalue weighted by Gasteiger charge is 2.23. The summed E-state index contributed by atoms with van der Waals surface area (Å²) in [4.78, 5) is 5.05. The van der Waals surface area contributed by atoms with Crippen LogP contribution in [-0.4, -0.2) is 16.7 Å². The van der Waals surface area contributed by atoms with Crippen molar-refractivity contribution in [3.8, 4) is 0 Å². The fraction of sp³-hybridized carbons (Fsp3) is 0.500. The lowest BCUT2D eigenvalue weighted by Crippen LogP contribution is -2.05. The summed E-state index contributed by atoms with van der Waals surface area (Å²) in [6.45, 7) is 0.224. The highest BCUT2D eigenvalue weighted by Crippen LogP contribution is 2.36. The van der Waals surface area contributed by atoms with Crippen LogP contribution >= 0.6 is 0 Å². The molecule has 24 heavy (non-hydrogen) atoms. The van der Waals surface area contributed by atoms with E-state index in [9.17, 15) is 0 Å². The second-order valence-corrected chi connectivity index (χ2v) is 7.43. The minimum absolute atomic E-state index is 0.224. The summed E-state index contributed by atoms with van der Waals surface area (Å²) in [6.07, 6.45) is 10.8. The van der Waals surface area contributed by atoms with E-state index in [1.54, 1.807) is 0 Å². The molecule has 1 aromatic carbocycles. The van der Waals surface area contributed by atoms with Crippen LogP contribution in [0.15, 0.2) is 30.3 Å². The molecule has 1 saturated carbocycles. The molecule has 1 fully saturated rings. The van der Waals surface area contributed by atoms with Crippen molar-refractivity contribution < 1.29 is 5.11 Å². The maximum absolute atomic E-state index is 9.06. The summed E-state index contributed by atoms with van der Waals surface area (Å²) in [6, 6.07) is 11.2. The molecule has 0 radical (unpaired) electrons. The summed E-state index contributed by atoms with van der Waals surface area (Å²) in [7, 11) is 0. The Morgan fingerprint density at radius 3 is 2.46 bits per heavy atom. The summed E-state index contributed by atoms with van der Waals surface area (Å²) < 4.78 is 0. The molecular weight excluding hydrogens is 294 g/mol. The number of hydrogen-bond acceptors (Lipinski definition) is 2. The van der Waals surface area contributed by atoms with E-state index in [1.807, 2.05) is 0 Å². The van der Waals surface area contributed by atoms with Crippen LogP contribution in [0.25, 0.3) is 0 Å². The molecule has 4 rings (SSSR count). The summed E-state index contributed by atoms with van der Waals surface area (Å²) in [5.74, 6) is 0.696. The molecule has 1 aromatic heterocycles. The zero-order valence-corrected chi connectivity index (χ0v) is 14.4. The van der Waals surface area contributed by atoms with E-state index in [-0.39, 0.29) is 6.61 Å². The Balaban J connectivity index is 1.61. The number of hydrogen-bond donors (Lipinski definition) is 1. The first-order valence-corrected chi connectivity index (χ1v) is 9.54. The van der Waals surface area contributed by atoms with Gasteiger partial charge in [-0.1, -0.05) is 37.1 Å². The number of rotatable bonds is 5. The van der Waals surface area contributed by atoms with Gasteiger partial charge in [0.05, 0.1) is 0 Å². The summed E-state index contributed by atoms with van der Waals surface area (Å²) in [5, 5.41) is 9.06. The third-order valence-corrected chi connectivity index (χ3v) is 5.75. The molecule has 0 atom stereocenters. The first-order chi connectivity index (χ1) is 11.8. The van der Waals surface area contributed by atoms with Crippen molar-refractivity contribution in [1.82, 2.24) is 4.98 Å². The van der Waals surface area contributed by atoms with Crippen molar-refractivity contribution in [1.29, 1.82) is 0 Å². The number of aliphatic hydroxyl groups is 1. The maximum atomic E-state index is 9.06. The van der Waals surface area contributed by atoms with Crippen LogP contribution in [0.1, 0.15) is 71.7 Å². The van der Waals surface area contributed by atoms with E-state index in [0.717, 1.165) is 12.8 Å². The standard InChI is InChI=1S/C22H27NO/c24-13-12-16-8-10-17(11-9-16)14-19-15-22(18-4-1-2-5-18)23-21-7-3-6-20(19)21/h8-11,15,18,24H,1-7,12-14H2. The predicted octanol–water partition coefficient (Wildman–Crippen LogP) is 4.35. The van der Waals surface area contributed by atoms with E-state index in [4.69, 9.17) is 10.1 Å². The summed E-state index contributed by atoms with van der Waals surface area (Å²) in [5.41, 5.74) is 8.36. The lowest BCUT2D eigenvalue weighted by Gasteiger charge is -2.15. The van der Waals surface area contributed by atoms with Crippen molar-refractivity contribution in [2.45, 2.75) is 63.7 Å². The summed E-state index contributed by atoms with van der Waals surface area (Å²) >= 11 is 0. The molecule has 0 amide bonds. The maximum Gasteiger partial charge on any atom is 0.0471 e. The third-order valence-electron chi connectivity index (χ3n) is 5.75. The number of fused-ring (bicyclic) bond motifs is 1. The Kier molecular flexibility index (Phi) is 4.66. The molecule has 2 nitrogen and oxygen atoms in total. The van der Waals surface area contributed by atoms with Gasteiger partial charge in [-0.05, 0) is 73.3 Å². The molecule has 126 valence electrons. The van der Waals surface area contributed by atoms with Crippen molar-refractivity contribution in [2.75, 3.05) is 6.61 Å². The van der Waals surface area contributed by atoms with Gasteiger partial charge in [0.2, 0.25) is 0 Å². The van der Waals surface area contributed by atoms with Gasteiger partial charge < -0.3 is 5.11 Å². The van der Waals surface area contributed by atoms with E-state index in [1.165, 1.54) is 78.6 Å². The smallest absolute Gasteiger partial charge is 0.0471 e. The van der Waals surface area contributed by atoms with Crippen LogP contribution in [0.2, 0.25) is 0 Å². The van der Waals surface area contributed by atoms with Crippen molar-refractivity contribution in [3.05, 3.63) is 64.0 Å². The molecule has 1 N–H and O–H groups in total. The van der Waals surface area contributed by atoms with Crippen LogP contribution in [0.4, 0.5) is 0 Å². The Hall–Kier alpha value is -1.67. The minimum Gasteiger partial charge on any atom is -0.396 e. The molecule has 0 spiro atoms. The molecule has 2 aliphatic carbocycles. The highest BCUT2D eigenvalue weighted by atomic mass is 16.2. The van der Waals surface area contributed by atoms with Gasteiger partial charge in [-0.2, -0.15) is 0 Å². The van der Waals surface area contributed by atoms with Gasteiger partial charge in [0.15, 0.2) is 0 Å². The lowest BCUT2D eigenvalue weighted by atomic mass is 9.94. The molecule has 2 aliphatic rings.